The molecule has 0 N–H and O–H groups in total. The van der Waals surface area contributed by atoms with Gasteiger partial charge in [-0.1, -0.05) is 30.3 Å². The molecule has 0 unspecified atom stereocenters. The number of carbonyl (C=O) groups is 1. The van der Waals surface area contributed by atoms with Crippen molar-refractivity contribution in [2.45, 2.75) is 31.5 Å². The smallest absolute Gasteiger partial charge is 0.273 e. The van der Waals surface area contributed by atoms with Gasteiger partial charge in [0, 0.05) is 29.6 Å². The minimum absolute atomic E-state index is 0.0417. The lowest BCUT2D eigenvalue weighted by molar-refractivity contribution is 0.0675. The van der Waals surface area contributed by atoms with Gasteiger partial charge >= 0.3 is 0 Å². The zero-order valence-electron chi connectivity index (χ0n) is 19.8. The summed E-state index contributed by atoms with van der Waals surface area (Å²) in [6.45, 7) is 0.547. The maximum Gasteiger partial charge on any atom is 0.273 e. The summed E-state index contributed by atoms with van der Waals surface area (Å²) in [5, 5.41) is 4.69. The van der Waals surface area contributed by atoms with Crippen molar-refractivity contribution in [3.8, 4) is 22.5 Å². The molecule has 0 bridgehead atoms. The molecule has 1 saturated carbocycles. The molecule has 184 valence electrons. The molecule has 0 spiro atoms. The second kappa shape index (κ2) is 8.37. The first-order valence-electron chi connectivity index (χ1n) is 12.4. The molecule has 1 saturated heterocycles. The monoisotopic (exact) mass is 495 g/mol. The van der Waals surface area contributed by atoms with Crippen molar-refractivity contribution in [2.75, 3.05) is 0 Å². The molecule has 2 fully saturated rings. The number of imidazole rings is 1. The van der Waals surface area contributed by atoms with Crippen molar-refractivity contribution in [3.05, 3.63) is 103 Å². The fourth-order valence-electron chi connectivity index (χ4n) is 5.63. The van der Waals surface area contributed by atoms with Gasteiger partial charge in [0.25, 0.3) is 5.91 Å². The van der Waals surface area contributed by atoms with E-state index in [0.717, 1.165) is 29.7 Å². The van der Waals surface area contributed by atoms with Gasteiger partial charge in [-0.2, -0.15) is 5.10 Å². The van der Waals surface area contributed by atoms with E-state index in [4.69, 9.17) is 4.98 Å². The number of benzene rings is 2. The highest BCUT2D eigenvalue weighted by atomic mass is 19.1. The minimum atomic E-state index is -0.425. The second-order valence-corrected chi connectivity index (χ2v) is 9.85. The van der Waals surface area contributed by atoms with Crippen LogP contribution in [0, 0.1) is 17.6 Å². The van der Waals surface area contributed by atoms with Crippen molar-refractivity contribution in [2.24, 2.45) is 5.92 Å². The van der Waals surface area contributed by atoms with Gasteiger partial charge in [0.1, 0.15) is 28.7 Å². The van der Waals surface area contributed by atoms with Gasteiger partial charge in [-0.05, 0) is 61.2 Å². The van der Waals surface area contributed by atoms with Crippen molar-refractivity contribution >= 4 is 11.6 Å². The van der Waals surface area contributed by atoms with Crippen LogP contribution in [0.1, 0.15) is 23.3 Å². The highest BCUT2D eigenvalue weighted by Gasteiger charge is 2.54. The Bertz CT molecular complexity index is 1630. The number of halogens is 2. The van der Waals surface area contributed by atoms with Crippen molar-refractivity contribution in [1.82, 2.24) is 24.1 Å². The summed E-state index contributed by atoms with van der Waals surface area (Å²) in [6.07, 6.45) is 5.10. The van der Waals surface area contributed by atoms with E-state index in [9.17, 15) is 13.6 Å². The Morgan fingerprint density at radius 1 is 0.892 bits per heavy atom. The lowest BCUT2D eigenvalue weighted by Crippen LogP contribution is -2.41. The molecular weight excluding hydrogens is 472 g/mol. The first kappa shape index (κ1) is 21.9. The third kappa shape index (κ3) is 3.80. The molecule has 1 aliphatic carbocycles. The van der Waals surface area contributed by atoms with Crippen LogP contribution in [0.5, 0.6) is 0 Å². The molecule has 7 rings (SSSR count). The number of fused-ring (bicyclic) bond motifs is 2. The highest BCUT2D eigenvalue weighted by Crippen LogP contribution is 2.49. The summed E-state index contributed by atoms with van der Waals surface area (Å²) in [7, 11) is 0. The number of nitrogens with zero attached hydrogens (tertiary/aromatic N) is 5. The van der Waals surface area contributed by atoms with Gasteiger partial charge in [-0.3, -0.25) is 13.9 Å². The number of piperidine rings is 1. The molecule has 3 aromatic heterocycles. The molecule has 3 atom stereocenters. The number of rotatable bonds is 5. The van der Waals surface area contributed by atoms with Crippen molar-refractivity contribution in [1.29, 1.82) is 0 Å². The van der Waals surface area contributed by atoms with Crippen LogP contribution in [-0.2, 0) is 6.54 Å². The lowest BCUT2D eigenvalue weighted by atomic mass is 10.1. The first-order chi connectivity index (χ1) is 18.0. The second-order valence-electron chi connectivity index (χ2n) is 9.85. The Kier molecular flexibility index (Phi) is 4.96. The van der Waals surface area contributed by atoms with Crippen molar-refractivity contribution < 1.29 is 13.6 Å². The standard InChI is InChI=1S/C29H23F2N5O/c30-21-8-6-18(7-9-21)24-12-13-34(33-24)17-23-14-20-15-25(20)36(23)29(37)28-27(19-4-2-1-3-5-19)32-26-11-10-22(31)16-35(26)28/h1-13,16,20,23,25H,14-15,17H2/t20-,23+,25+/m1/s1. The van der Waals surface area contributed by atoms with Crippen LogP contribution in [0.3, 0.4) is 0 Å². The van der Waals surface area contributed by atoms with Crippen molar-refractivity contribution in [3.63, 3.8) is 0 Å². The van der Waals surface area contributed by atoms with E-state index in [1.54, 1.807) is 22.6 Å². The Morgan fingerprint density at radius 3 is 2.49 bits per heavy atom. The summed E-state index contributed by atoms with van der Waals surface area (Å²) < 4.78 is 31.0. The highest BCUT2D eigenvalue weighted by molar-refractivity contribution is 6.00. The van der Waals surface area contributed by atoms with E-state index in [1.165, 1.54) is 24.4 Å². The summed E-state index contributed by atoms with van der Waals surface area (Å²) in [5.41, 5.74) is 3.87. The summed E-state index contributed by atoms with van der Waals surface area (Å²) in [6, 6.07) is 20.8. The van der Waals surface area contributed by atoms with E-state index < -0.39 is 5.82 Å². The van der Waals surface area contributed by atoms with Gasteiger partial charge in [0.2, 0.25) is 0 Å². The Balaban J connectivity index is 1.23. The van der Waals surface area contributed by atoms with E-state index >= 15 is 0 Å². The Labute approximate surface area is 211 Å². The normalized spacial score (nSPS) is 20.4. The molecule has 6 nitrogen and oxygen atoms in total. The number of carbonyl (C=O) groups excluding carboxylic acids is 1. The van der Waals surface area contributed by atoms with Gasteiger partial charge < -0.3 is 4.90 Å². The van der Waals surface area contributed by atoms with Crippen LogP contribution in [0.15, 0.2) is 85.2 Å². The van der Waals surface area contributed by atoms with Crippen LogP contribution in [-0.4, -0.2) is 42.1 Å². The van der Waals surface area contributed by atoms with Crippen LogP contribution in [0.25, 0.3) is 28.2 Å². The molecule has 4 heterocycles. The van der Waals surface area contributed by atoms with Gasteiger partial charge in [0.15, 0.2) is 0 Å². The SMILES string of the molecule is O=C(c1c(-c2ccccc2)nc2ccc(F)cn12)N1[C@H](Cn2ccc(-c3ccc(F)cc3)n2)C[C@@H]2C[C@@H]21. The first-order valence-corrected chi connectivity index (χ1v) is 12.4. The van der Waals surface area contributed by atoms with Gasteiger partial charge in [-0.15, -0.1) is 0 Å². The Morgan fingerprint density at radius 2 is 1.68 bits per heavy atom. The largest absolute Gasteiger partial charge is 0.329 e. The van der Waals surface area contributed by atoms with Crippen LogP contribution in [0.2, 0.25) is 0 Å². The lowest BCUT2D eigenvalue weighted by Gasteiger charge is -2.28. The number of hydrogen-bond acceptors (Lipinski definition) is 3. The van der Waals surface area contributed by atoms with Gasteiger partial charge in [-0.25, -0.2) is 13.8 Å². The number of hydrogen-bond donors (Lipinski definition) is 0. The Hall–Kier alpha value is -4.33. The summed E-state index contributed by atoms with van der Waals surface area (Å²) in [4.78, 5) is 20.9. The van der Waals surface area contributed by atoms with Gasteiger partial charge in [0.05, 0.1) is 18.3 Å². The molecule has 0 radical (unpaired) electrons. The number of likely N-dealkylation sites (tertiary alicyclic amines) is 1. The third-order valence-electron chi connectivity index (χ3n) is 7.46. The van der Waals surface area contributed by atoms with E-state index in [1.807, 2.05) is 52.2 Å². The zero-order valence-corrected chi connectivity index (χ0v) is 19.8. The van der Waals surface area contributed by atoms with E-state index in [2.05, 4.69) is 5.10 Å². The average molecular weight is 496 g/mol. The summed E-state index contributed by atoms with van der Waals surface area (Å²) >= 11 is 0. The van der Waals surface area contributed by atoms with Crippen LogP contribution < -0.4 is 0 Å². The fraction of sp³-hybridized carbons (Fsp3) is 0.207. The fourth-order valence-corrected chi connectivity index (χ4v) is 5.63. The molecule has 2 aliphatic rings. The van der Waals surface area contributed by atoms with Crippen LogP contribution in [0.4, 0.5) is 8.78 Å². The zero-order chi connectivity index (χ0) is 25.1. The van der Waals surface area contributed by atoms with Crippen LogP contribution >= 0.6 is 0 Å². The predicted octanol–water partition coefficient (Wildman–Crippen LogP) is 5.45. The number of pyridine rings is 1. The molecule has 8 heteroatoms. The maximum absolute atomic E-state index is 14.3. The topological polar surface area (TPSA) is 55.4 Å². The molecule has 37 heavy (non-hydrogen) atoms. The quantitative estimate of drug-likeness (QED) is 0.326. The molecule has 2 aromatic carbocycles. The third-order valence-corrected chi connectivity index (χ3v) is 7.46. The molecule has 1 amide bonds. The number of amides is 1. The average Bonchev–Trinajstić information content (AvgIpc) is 3.22. The molecule has 5 aromatic rings. The van der Waals surface area contributed by atoms with E-state index in [-0.39, 0.29) is 23.8 Å². The molecule has 1 aliphatic heterocycles. The minimum Gasteiger partial charge on any atom is -0.329 e. The summed E-state index contributed by atoms with van der Waals surface area (Å²) in [5.74, 6) is -0.384. The van der Waals surface area contributed by atoms with E-state index in [0.29, 0.717) is 29.5 Å². The molecular formula is C29H23F2N5O. The predicted molar refractivity (Wildman–Crippen MR) is 135 cm³/mol. The maximum atomic E-state index is 14.3. The number of aromatic nitrogens is 4.